The summed E-state index contributed by atoms with van der Waals surface area (Å²) >= 11 is 13.9. The van der Waals surface area contributed by atoms with Crippen LogP contribution in [0.2, 0.25) is 8.67 Å². The molecule has 0 fully saturated rings. The zero-order valence-electron chi connectivity index (χ0n) is 12.7. The molecule has 0 saturated carbocycles. The van der Waals surface area contributed by atoms with Gasteiger partial charge in [0.05, 0.1) is 8.67 Å². The van der Waals surface area contributed by atoms with Gasteiger partial charge in [-0.25, -0.2) is 0 Å². The topological polar surface area (TPSA) is 12.0 Å². The molecule has 2 aromatic rings. The molecule has 1 N–H and O–H groups in total. The van der Waals surface area contributed by atoms with Crippen LogP contribution in [0.25, 0.3) is 0 Å². The van der Waals surface area contributed by atoms with E-state index in [1.54, 1.807) is 0 Å². The van der Waals surface area contributed by atoms with Crippen molar-refractivity contribution in [3.8, 4) is 0 Å². The van der Waals surface area contributed by atoms with Gasteiger partial charge in [-0.1, -0.05) is 48.3 Å². The van der Waals surface area contributed by atoms with Crippen LogP contribution in [0.3, 0.4) is 0 Å². The fourth-order valence-corrected chi connectivity index (χ4v) is 4.16. The molecular weight excluding hydrogens is 321 g/mol. The molecule has 0 saturated heterocycles. The van der Waals surface area contributed by atoms with Crippen molar-refractivity contribution in [2.75, 3.05) is 6.54 Å². The Kier molecular flexibility index (Phi) is 6.12. The van der Waals surface area contributed by atoms with E-state index in [0.717, 1.165) is 33.6 Å². The summed E-state index contributed by atoms with van der Waals surface area (Å²) in [7, 11) is 0. The van der Waals surface area contributed by atoms with Gasteiger partial charge >= 0.3 is 0 Å². The molecule has 0 aliphatic carbocycles. The molecule has 0 aliphatic heterocycles. The predicted molar refractivity (Wildman–Crippen MR) is 95.0 cm³/mol. The van der Waals surface area contributed by atoms with Gasteiger partial charge in [0.25, 0.3) is 0 Å². The zero-order valence-corrected chi connectivity index (χ0v) is 15.0. The number of hydrogen-bond donors (Lipinski definition) is 1. The molecule has 21 heavy (non-hydrogen) atoms. The summed E-state index contributed by atoms with van der Waals surface area (Å²) in [6, 6.07) is 8.65. The first-order valence-electron chi connectivity index (χ1n) is 7.26. The molecule has 1 atom stereocenters. The standard InChI is InChI=1S/C17H21Cl2NS/c1-4-8-20-15(14-10-16(18)21-17(14)19)9-13-11(2)6-5-7-12(13)3/h5-7,10,15,20H,4,8-9H2,1-3H3. The summed E-state index contributed by atoms with van der Waals surface area (Å²) in [5, 5.41) is 3.61. The molecule has 1 heterocycles. The first-order valence-corrected chi connectivity index (χ1v) is 8.83. The third-order valence-corrected chi connectivity index (χ3v) is 5.27. The largest absolute Gasteiger partial charge is 0.310 e. The highest BCUT2D eigenvalue weighted by Crippen LogP contribution is 2.36. The Hall–Kier alpha value is -0.540. The molecule has 0 radical (unpaired) electrons. The molecule has 4 heteroatoms. The van der Waals surface area contributed by atoms with Crippen molar-refractivity contribution < 1.29 is 0 Å². The Balaban J connectivity index is 2.30. The van der Waals surface area contributed by atoms with Gasteiger partial charge in [0.2, 0.25) is 0 Å². The van der Waals surface area contributed by atoms with E-state index >= 15 is 0 Å². The summed E-state index contributed by atoms with van der Waals surface area (Å²) in [5.41, 5.74) is 5.17. The molecule has 1 unspecified atom stereocenters. The summed E-state index contributed by atoms with van der Waals surface area (Å²) in [5.74, 6) is 0. The van der Waals surface area contributed by atoms with Crippen LogP contribution in [0.15, 0.2) is 24.3 Å². The van der Waals surface area contributed by atoms with Crippen molar-refractivity contribution in [2.24, 2.45) is 0 Å². The SMILES string of the molecule is CCCNC(Cc1c(C)cccc1C)c1cc(Cl)sc1Cl. The Bertz CT molecular complexity index is 587. The van der Waals surface area contributed by atoms with Crippen LogP contribution in [0.4, 0.5) is 0 Å². The lowest BCUT2D eigenvalue weighted by Gasteiger charge is -2.21. The third kappa shape index (κ3) is 4.23. The Labute approximate surface area is 141 Å². The Morgan fingerprint density at radius 3 is 2.38 bits per heavy atom. The van der Waals surface area contributed by atoms with Crippen LogP contribution in [-0.2, 0) is 6.42 Å². The predicted octanol–water partition coefficient (Wildman–Crippen LogP) is 5.96. The number of halogens is 2. The maximum absolute atomic E-state index is 6.36. The average Bonchev–Trinajstić information content (AvgIpc) is 2.76. The van der Waals surface area contributed by atoms with E-state index < -0.39 is 0 Å². The fraction of sp³-hybridized carbons (Fsp3) is 0.412. The Morgan fingerprint density at radius 1 is 1.19 bits per heavy atom. The first-order chi connectivity index (χ1) is 10.0. The van der Waals surface area contributed by atoms with Crippen LogP contribution in [-0.4, -0.2) is 6.54 Å². The van der Waals surface area contributed by atoms with Crippen molar-refractivity contribution in [3.63, 3.8) is 0 Å². The average molecular weight is 342 g/mol. The van der Waals surface area contributed by atoms with E-state index in [9.17, 15) is 0 Å². The highest BCUT2D eigenvalue weighted by Gasteiger charge is 2.19. The minimum absolute atomic E-state index is 0.209. The van der Waals surface area contributed by atoms with E-state index in [1.165, 1.54) is 28.0 Å². The summed E-state index contributed by atoms with van der Waals surface area (Å²) in [6.07, 6.45) is 2.03. The minimum Gasteiger partial charge on any atom is -0.310 e. The number of nitrogens with one attached hydrogen (secondary N) is 1. The molecule has 2 rings (SSSR count). The summed E-state index contributed by atoms with van der Waals surface area (Å²) < 4.78 is 1.54. The molecule has 0 aliphatic rings. The van der Waals surface area contributed by atoms with Crippen molar-refractivity contribution in [3.05, 3.63) is 55.2 Å². The van der Waals surface area contributed by atoms with E-state index in [0.29, 0.717) is 0 Å². The van der Waals surface area contributed by atoms with Crippen molar-refractivity contribution in [1.82, 2.24) is 5.32 Å². The van der Waals surface area contributed by atoms with Crippen LogP contribution in [0.1, 0.15) is 41.6 Å². The van der Waals surface area contributed by atoms with Crippen LogP contribution < -0.4 is 5.32 Å². The number of thiophene rings is 1. The van der Waals surface area contributed by atoms with Gasteiger partial charge in [-0.05, 0) is 56.0 Å². The second kappa shape index (κ2) is 7.64. The summed E-state index contributed by atoms with van der Waals surface area (Å²) in [4.78, 5) is 0. The molecule has 1 aromatic carbocycles. The van der Waals surface area contributed by atoms with Gasteiger partial charge < -0.3 is 5.32 Å². The minimum atomic E-state index is 0.209. The van der Waals surface area contributed by atoms with Gasteiger partial charge in [0.1, 0.15) is 0 Å². The van der Waals surface area contributed by atoms with Gasteiger partial charge in [-0.2, -0.15) is 0 Å². The van der Waals surface area contributed by atoms with Gasteiger partial charge in [0, 0.05) is 11.6 Å². The van der Waals surface area contributed by atoms with E-state index in [4.69, 9.17) is 23.2 Å². The monoisotopic (exact) mass is 341 g/mol. The molecule has 1 aromatic heterocycles. The number of rotatable bonds is 6. The first kappa shape index (κ1) is 16.8. The smallest absolute Gasteiger partial charge is 0.0992 e. The highest BCUT2D eigenvalue weighted by molar-refractivity contribution is 7.20. The van der Waals surface area contributed by atoms with Crippen molar-refractivity contribution in [2.45, 2.75) is 39.7 Å². The molecule has 0 spiro atoms. The number of benzene rings is 1. The molecule has 0 bridgehead atoms. The maximum atomic E-state index is 6.36. The number of aryl methyl sites for hydroxylation is 2. The normalized spacial score (nSPS) is 12.6. The van der Waals surface area contributed by atoms with Gasteiger partial charge in [0.15, 0.2) is 0 Å². The molecule has 0 amide bonds. The molecular formula is C17H21Cl2NS. The quantitative estimate of drug-likeness (QED) is 0.683. The third-order valence-electron chi connectivity index (χ3n) is 3.75. The molecule has 1 nitrogen and oxygen atoms in total. The van der Waals surface area contributed by atoms with Crippen LogP contribution >= 0.6 is 34.5 Å². The second-order valence-electron chi connectivity index (χ2n) is 5.36. The van der Waals surface area contributed by atoms with Crippen LogP contribution in [0.5, 0.6) is 0 Å². The van der Waals surface area contributed by atoms with E-state index in [1.807, 2.05) is 6.07 Å². The molecule has 114 valence electrons. The lowest BCUT2D eigenvalue weighted by Crippen LogP contribution is -2.24. The maximum Gasteiger partial charge on any atom is 0.0992 e. The van der Waals surface area contributed by atoms with E-state index in [-0.39, 0.29) is 6.04 Å². The number of hydrogen-bond acceptors (Lipinski definition) is 2. The Morgan fingerprint density at radius 2 is 1.86 bits per heavy atom. The van der Waals surface area contributed by atoms with Crippen LogP contribution in [0, 0.1) is 13.8 Å². The summed E-state index contributed by atoms with van der Waals surface area (Å²) in [6.45, 7) is 7.48. The second-order valence-corrected chi connectivity index (χ2v) is 7.65. The lowest BCUT2D eigenvalue weighted by atomic mass is 9.94. The zero-order chi connectivity index (χ0) is 15.4. The lowest BCUT2D eigenvalue weighted by molar-refractivity contribution is 0.529. The van der Waals surface area contributed by atoms with Crippen molar-refractivity contribution >= 4 is 34.5 Å². The van der Waals surface area contributed by atoms with Gasteiger partial charge in [-0.3, -0.25) is 0 Å². The highest BCUT2D eigenvalue weighted by atomic mass is 35.5. The van der Waals surface area contributed by atoms with Gasteiger partial charge in [-0.15, -0.1) is 11.3 Å². The van der Waals surface area contributed by atoms with Crippen molar-refractivity contribution in [1.29, 1.82) is 0 Å². The van der Waals surface area contributed by atoms with E-state index in [2.05, 4.69) is 44.3 Å². The fourth-order valence-electron chi connectivity index (χ4n) is 2.58.